The molecule has 1 amide bonds. The van der Waals surface area contributed by atoms with Crippen LogP contribution in [-0.4, -0.2) is 23.3 Å². The van der Waals surface area contributed by atoms with Gasteiger partial charge >= 0.3 is 0 Å². The van der Waals surface area contributed by atoms with Crippen molar-refractivity contribution in [2.24, 2.45) is 0 Å². The number of carbonyl (C=O) groups is 1. The van der Waals surface area contributed by atoms with E-state index in [1.807, 2.05) is 47.2 Å². The molecule has 0 fully saturated rings. The van der Waals surface area contributed by atoms with Gasteiger partial charge in [-0.2, -0.15) is 0 Å². The summed E-state index contributed by atoms with van der Waals surface area (Å²) in [4.78, 5) is 13.9. The summed E-state index contributed by atoms with van der Waals surface area (Å²) in [7, 11) is 0. The van der Waals surface area contributed by atoms with Gasteiger partial charge in [-0.25, -0.2) is 0 Å². The first-order valence-corrected chi connectivity index (χ1v) is 9.17. The van der Waals surface area contributed by atoms with Crippen LogP contribution in [0.3, 0.4) is 0 Å². The molecule has 2 heterocycles. The van der Waals surface area contributed by atoms with Crippen LogP contribution >= 0.6 is 23.4 Å². The van der Waals surface area contributed by atoms with Gasteiger partial charge in [0.25, 0.3) is 5.91 Å². The Hall–Kier alpha value is -2.11. The molecule has 1 aliphatic rings. The molecule has 0 atom stereocenters. The Balaban J connectivity index is 1.75. The highest BCUT2D eigenvalue weighted by Crippen LogP contribution is 2.36. The number of ether oxygens (including phenoxy) is 1. The lowest BCUT2D eigenvalue weighted by Crippen LogP contribution is -2.21. The maximum Gasteiger partial charge on any atom is 0.272 e. The van der Waals surface area contributed by atoms with E-state index >= 15 is 0 Å². The molecule has 1 aromatic heterocycles. The van der Waals surface area contributed by atoms with Gasteiger partial charge in [0.05, 0.1) is 17.1 Å². The average molecular weight is 359 g/mol. The average Bonchev–Trinajstić information content (AvgIpc) is 3.00. The standard InChI is InChI=1S/C18H15ClN2O2S/c1-24-12-4-2-3-11(9-12)20-18(22)15-10-13-14(19)5-6-16-17(13)21(15)7-8-23-16/h2-6,9-10H,7-8H2,1H3,(H,20,22). The van der Waals surface area contributed by atoms with E-state index in [0.717, 1.165) is 27.2 Å². The molecule has 2 aromatic carbocycles. The maximum atomic E-state index is 12.8. The van der Waals surface area contributed by atoms with Crippen molar-refractivity contribution in [2.75, 3.05) is 18.2 Å². The third-order valence-electron chi connectivity index (χ3n) is 4.10. The minimum atomic E-state index is -0.145. The van der Waals surface area contributed by atoms with E-state index < -0.39 is 0 Å². The quantitative estimate of drug-likeness (QED) is 0.692. The third kappa shape index (κ3) is 2.54. The molecule has 1 aliphatic heterocycles. The molecule has 0 unspecified atom stereocenters. The molecule has 6 heteroatoms. The normalized spacial score (nSPS) is 12.9. The summed E-state index contributed by atoms with van der Waals surface area (Å²) in [6.07, 6.45) is 2.01. The maximum absolute atomic E-state index is 12.8. The lowest BCUT2D eigenvalue weighted by Gasteiger charge is -2.19. The first-order valence-electron chi connectivity index (χ1n) is 7.57. The number of amides is 1. The molecule has 0 bridgehead atoms. The van der Waals surface area contributed by atoms with E-state index in [4.69, 9.17) is 16.3 Å². The molecule has 0 radical (unpaired) electrons. The van der Waals surface area contributed by atoms with Crippen molar-refractivity contribution in [1.82, 2.24) is 4.57 Å². The van der Waals surface area contributed by atoms with Crippen molar-refractivity contribution in [1.29, 1.82) is 0 Å². The third-order valence-corrected chi connectivity index (χ3v) is 5.16. The van der Waals surface area contributed by atoms with E-state index in [-0.39, 0.29) is 5.91 Å². The molecule has 122 valence electrons. The molecule has 0 saturated carbocycles. The molecule has 24 heavy (non-hydrogen) atoms. The second kappa shape index (κ2) is 6.07. The second-order valence-corrected chi connectivity index (χ2v) is 6.81. The lowest BCUT2D eigenvalue weighted by atomic mass is 10.2. The largest absolute Gasteiger partial charge is 0.490 e. The van der Waals surface area contributed by atoms with Crippen molar-refractivity contribution in [3.63, 3.8) is 0 Å². The van der Waals surface area contributed by atoms with Crippen molar-refractivity contribution in [2.45, 2.75) is 11.4 Å². The summed E-state index contributed by atoms with van der Waals surface area (Å²) in [6.45, 7) is 1.17. The minimum absolute atomic E-state index is 0.145. The molecule has 0 aliphatic carbocycles. The first kappa shape index (κ1) is 15.4. The number of thioether (sulfide) groups is 1. The summed E-state index contributed by atoms with van der Waals surface area (Å²) < 4.78 is 7.66. The van der Waals surface area contributed by atoms with Gasteiger partial charge in [-0.3, -0.25) is 4.79 Å². The first-order chi connectivity index (χ1) is 11.7. The molecule has 4 nitrogen and oxygen atoms in total. The predicted molar refractivity (Wildman–Crippen MR) is 98.6 cm³/mol. The molecule has 4 rings (SSSR count). The SMILES string of the molecule is CSc1cccc(NC(=O)c2cc3c(Cl)ccc4c3n2CCO4)c1. The van der Waals surface area contributed by atoms with Crippen molar-refractivity contribution in [3.05, 3.63) is 53.2 Å². The second-order valence-electron chi connectivity index (χ2n) is 5.52. The fraction of sp³-hybridized carbons (Fsp3) is 0.167. The Morgan fingerprint density at radius 1 is 1.29 bits per heavy atom. The van der Waals surface area contributed by atoms with Gasteiger partial charge in [-0.05, 0) is 42.7 Å². The van der Waals surface area contributed by atoms with E-state index in [1.54, 1.807) is 17.8 Å². The van der Waals surface area contributed by atoms with Gasteiger partial charge in [0.2, 0.25) is 0 Å². The molecule has 1 N–H and O–H groups in total. The van der Waals surface area contributed by atoms with Crippen LogP contribution in [0.15, 0.2) is 47.4 Å². The highest BCUT2D eigenvalue weighted by atomic mass is 35.5. The number of benzene rings is 2. The fourth-order valence-corrected chi connectivity index (χ4v) is 3.66. The molecular formula is C18H15ClN2O2S. The molecular weight excluding hydrogens is 344 g/mol. The number of nitrogens with zero attached hydrogens (tertiary/aromatic N) is 1. The topological polar surface area (TPSA) is 43.3 Å². The highest BCUT2D eigenvalue weighted by molar-refractivity contribution is 7.98. The zero-order valence-electron chi connectivity index (χ0n) is 13.0. The molecule has 3 aromatic rings. The van der Waals surface area contributed by atoms with Gasteiger partial charge in [-0.1, -0.05) is 17.7 Å². The van der Waals surface area contributed by atoms with Crippen molar-refractivity contribution >= 4 is 45.9 Å². The summed E-state index contributed by atoms with van der Waals surface area (Å²) in [6, 6.07) is 13.3. The number of carbonyl (C=O) groups excluding carboxylic acids is 1. The van der Waals surface area contributed by atoms with Crippen LogP contribution in [0.4, 0.5) is 5.69 Å². The summed E-state index contributed by atoms with van der Waals surface area (Å²) in [5, 5.41) is 4.44. The van der Waals surface area contributed by atoms with E-state index in [1.165, 1.54) is 0 Å². The van der Waals surface area contributed by atoms with Crippen molar-refractivity contribution < 1.29 is 9.53 Å². The number of nitrogens with one attached hydrogen (secondary N) is 1. The van der Waals surface area contributed by atoms with Gasteiger partial charge in [0.1, 0.15) is 18.1 Å². The highest BCUT2D eigenvalue weighted by Gasteiger charge is 2.23. The minimum Gasteiger partial charge on any atom is -0.490 e. The van der Waals surface area contributed by atoms with Crippen LogP contribution < -0.4 is 10.1 Å². The summed E-state index contributed by atoms with van der Waals surface area (Å²) in [5.74, 6) is 0.623. The smallest absolute Gasteiger partial charge is 0.272 e. The zero-order valence-corrected chi connectivity index (χ0v) is 14.6. The zero-order chi connectivity index (χ0) is 16.7. The summed E-state index contributed by atoms with van der Waals surface area (Å²) >= 11 is 7.94. The Labute approximate surface area is 148 Å². The number of rotatable bonds is 3. The van der Waals surface area contributed by atoms with E-state index in [2.05, 4.69) is 5.32 Å². The summed E-state index contributed by atoms with van der Waals surface area (Å²) in [5.41, 5.74) is 2.26. The molecule has 0 saturated heterocycles. The van der Waals surface area contributed by atoms with Crippen LogP contribution in [0.2, 0.25) is 5.02 Å². The van der Waals surface area contributed by atoms with Gasteiger partial charge < -0.3 is 14.6 Å². The van der Waals surface area contributed by atoms with Gasteiger partial charge in [0.15, 0.2) is 0 Å². The van der Waals surface area contributed by atoms with E-state index in [0.29, 0.717) is 23.9 Å². The van der Waals surface area contributed by atoms with Crippen LogP contribution in [-0.2, 0) is 6.54 Å². The monoisotopic (exact) mass is 358 g/mol. The van der Waals surface area contributed by atoms with Gasteiger partial charge in [0, 0.05) is 16.0 Å². The van der Waals surface area contributed by atoms with Crippen molar-refractivity contribution in [3.8, 4) is 5.75 Å². The molecule has 0 spiro atoms. The number of hydrogen-bond acceptors (Lipinski definition) is 3. The Kier molecular flexibility index (Phi) is 3.90. The number of hydrogen-bond donors (Lipinski definition) is 1. The van der Waals surface area contributed by atoms with Crippen LogP contribution in [0.1, 0.15) is 10.5 Å². The van der Waals surface area contributed by atoms with E-state index in [9.17, 15) is 4.79 Å². The van der Waals surface area contributed by atoms with Gasteiger partial charge in [-0.15, -0.1) is 11.8 Å². The number of anilines is 1. The predicted octanol–water partition coefficient (Wildman–Crippen LogP) is 4.66. The fourth-order valence-electron chi connectivity index (χ4n) is 2.99. The van der Waals surface area contributed by atoms with Crippen LogP contribution in [0.25, 0.3) is 10.9 Å². The number of aromatic nitrogens is 1. The Morgan fingerprint density at radius 3 is 3.00 bits per heavy atom. The Bertz CT molecular complexity index is 952. The lowest BCUT2D eigenvalue weighted by molar-refractivity contribution is 0.101. The van der Waals surface area contributed by atoms with Crippen LogP contribution in [0, 0.1) is 0 Å². The van der Waals surface area contributed by atoms with Crippen LogP contribution in [0.5, 0.6) is 5.75 Å². The Morgan fingerprint density at radius 2 is 2.17 bits per heavy atom. The number of halogens is 1.